The molecule has 3 heterocycles. The molecule has 3 aromatic heterocycles. The number of nitrogens with one attached hydrogen (secondary N) is 1. The second-order valence-corrected chi connectivity index (χ2v) is 5.12. The predicted octanol–water partition coefficient (Wildman–Crippen LogP) is 2.91. The zero-order chi connectivity index (χ0) is 15.0. The average Bonchev–Trinajstić information content (AvgIpc) is 2.73. The highest BCUT2D eigenvalue weighted by Gasteiger charge is 2.16. The van der Waals surface area contributed by atoms with Gasteiger partial charge in [0.1, 0.15) is 11.3 Å². The summed E-state index contributed by atoms with van der Waals surface area (Å²) in [6, 6.07) is 7.52. The fourth-order valence-corrected chi connectivity index (χ4v) is 2.35. The van der Waals surface area contributed by atoms with Gasteiger partial charge in [0.25, 0.3) is 5.91 Å². The van der Waals surface area contributed by atoms with Gasteiger partial charge in [-0.25, -0.2) is 4.98 Å². The molecule has 0 atom stereocenters. The summed E-state index contributed by atoms with van der Waals surface area (Å²) in [7, 11) is 0. The maximum atomic E-state index is 12.5. The fraction of sp³-hybridized carbons (Fsp3) is 0.188. The minimum atomic E-state index is -0.172. The molecule has 0 aliphatic heterocycles. The van der Waals surface area contributed by atoms with Crippen molar-refractivity contribution in [2.45, 2.75) is 20.8 Å². The maximum absolute atomic E-state index is 12.5. The van der Waals surface area contributed by atoms with Crippen LogP contribution in [0.2, 0.25) is 0 Å². The molecule has 0 unspecified atom stereocenters. The number of aryl methyl sites for hydroxylation is 3. The van der Waals surface area contributed by atoms with Crippen molar-refractivity contribution in [2.75, 3.05) is 5.32 Å². The van der Waals surface area contributed by atoms with Crippen molar-refractivity contribution in [3.8, 4) is 0 Å². The number of pyridine rings is 2. The van der Waals surface area contributed by atoms with Crippen molar-refractivity contribution >= 4 is 17.2 Å². The molecule has 0 spiro atoms. The lowest BCUT2D eigenvalue weighted by atomic mass is 10.2. The molecule has 0 radical (unpaired) electrons. The van der Waals surface area contributed by atoms with Gasteiger partial charge in [-0.3, -0.25) is 14.2 Å². The summed E-state index contributed by atoms with van der Waals surface area (Å²) >= 11 is 0. The summed E-state index contributed by atoms with van der Waals surface area (Å²) in [5.41, 5.74) is 4.75. The van der Waals surface area contributed by atoms with Crippen molar-refractivity contribution in [1.29, 1.82) is 0 Å². The minimum absolute atomic E-state index is 0.172. The number of hydrogen-bond acceptors (Lipinski definition) is 3. The topological polar surface area (TPSA) is 59.3 Å². The van der Waals surface area contributed by atoms with Crippen LogP contribution in [-0.2, 0) is 0 Å². The quantitative estimate of drug-likeness (QED) is 0.785. The molecule has 1 amide bonds. The van der Waals surface area contributed by atoms with Gasteiger partial charge in [0, 0.05) is 23.8 Å². The highest BCUT2D eigenvalue weighted by molar-refractivity contribution is 6.04. The highest BCUT2D eigenvalue weighted by Crippen LogP contribution is 2.16. The molecular weight excluding hydrogens is 264 g/mol. The van der Waals surface area contributed by atoms with Crippen LogP contribution < -0.4 is 5.32 Å². The van der Waals surface area contributed by atoms with E-state index in [1.54, 1.807) is 12.3 Å². The van der Waals surface area contributed by atoms with Crippen LogP contribution in [0.3, 0.4) is 0 Å². The van der Waals surface area contributed by atoms with E-state index in [-0.39, 0.29) is 5.91 Å². The van der Waals surface area contributed by atoms with Gasteiger partial charge in [-0.1, -0.05) is 0 Å². The van der Waals surface area contributed by atoms with Crippen molar-refractivity contribution in [2.24, 2.45) is 0 Å². The molecule has 0 aromatic carbocycles. The molecule has 0 saturated heterocycles. The number of hydrogen-bond donors (Lipinski definition) is 1. The summed E-state index contributed by atoms with van der Waals surface area (Å²) in [5, 5.41) is 2.89. The minimum Gasteiger partial charge on any atom is -0.321 e. The third kappa shape index (κ3) is 2.50. The standard InChI is InChI=1S/C16H16N4O/c1-10-5-7-20-14(8-10)18-12(3)15(20)16(21)19-13-4-6-17-11(2)9-13/h4-9H,1-3H3,(H,17,19,21). The van der Waals surface area contributed by atoms with Gasteiger partial charge in [-0.2, -0.15) is 0 Å². The van der Waals surface area contributed by atoms with Gasteiger partial charge in [0.15, 0.2) is 0 Å². The van der Waals surface area contributed by atoms with E-state index in [4.69, 9.17) is 0 Å². The third-order valence-corrected chi connectivity index (χ3v) is 3.33. The number of rotatable bonds is 2. The smallest absolute Gasteiger partial charge is 0.274 e. The monoisotopic (exact) mass is 280 g/mol. The Balaban J connectivity index is 2.00. The van der Waals surface area contributed by atoms with Crippen LogP contribution in [0.15, 0.2) is 36.7 Å². The summed E-state index contributed by atoms with van der Waals surface area (Å²) in [6.45, 7) is 5.73. The molecule has 5 heteroatoms. The van der Waals surface area contributed by atoms with Gasteiger partial charge in [0.05, 0.1) is 5.69 Å². The van der Waals surface area contributed by atoms with Crippen LogP contribution in [0, 0.1) is 20.8 Å². The number of imidazole rings is 1. The van der Waals surface area contributed by atoms with Gasteiger partial charge in [-0.15, -0.1) is 0 Å². The molecule has 21 heavy (non-hydrogen) atoms. The van der Waals surface area contributed by atoms with E-state index in [0.29, 0.717) is 11.4 Å². The molecule has 0 aliphatic carbocycles. The molecule has 3 rings (SSSR count). The lowest BCUT2D eigenvalue weighted by Gasteiger charge is -2.06. The van der Waals surface area contributed by atoms with Gasteiger partial charge in [0.2, 0.25) is 0 Å². The Morgan fingerprint density at radius 2 is 2.00 bits per heavy atom. The predicted molar refractivity (Wildman–Crippen MR) is 81.6 cm³/mol. The van der Waals surface area contributed by atoms with Crippen LogP contribution in [0.5, 0.6) is 0 Å². The molecule has 0 saturated carbocycles. The van der Waals surface area contributed by atoms with E-state index >= 15 is 0 Å². The van der Waals surface area contributed by atoms with E-state index in [9.17, 15) is 4.79 Å². The molecule has 0 aliphatic rings. The molecule has 3 aromatic rings. The first kappa shape index (κ1) is 13.3. The second kappa shape index (κ2) is 5.01. The average molecular weight is 280 g/mol. The van der Waals surface area contributed by atoms with Gasteiger partial charge >= 0.3 is 0 Å². The Morgan fingerprint density at radius 3 is 2.76 bits per heavy atom. The molecule has 0 fully saturated rings. The van der Waals surface area contributed by atoms with Crippen molar-refractivity contribution in [1.82, 2.24) is 14.4 Å². The highest BCUT2D eigenvalue weighted by atomic mass is 16.2. The Hall–Kier alpha value is -2.69. The first-order chi connectivity index (χ1) is 10.0. The van der Waals surface area contributed by atoms with Crippen molar-refractivity contribution < 1.29 is 4.79 Å². The van der Waals surface area contributed by atoms with Crippen LogP contribution in [0.4, 0.5) is 5.69 Å². The molecule has 0 bridgehead atoms. The van der Waals surface area contributed by atoms with E-state index < -0.39 is 0 Å². The number of aromatic nitrogens is 3. The maximum Gasteiger partial charge on any atom is 0.274 e. The molecule has 5 nitrogen and oxygen atoms in total. The van der Waals surface area contributed by atoms with Crippen molar-refractivity contribution in [3.63, 3.8) is 0 Å². The molecule has 106 valence electrons. The SMILES string of the molecule is Cc1ccn2c(C(=O)Nc3ccnc(C)c3)c(C)nc2c1. The molecular formula is C16H16N4O. The lowest BCUT2D eigenvalue weighted by molar-refractivity contribution is 0.102. The van der Waals surface area contributed by atoms with Crippen LogP contribution >= 0.6 is 0 Å². The van der Waals surface area contributed by atoms with Crippen LogP contribution in [0.25, 0.3) is 5.65 Å². The second-order valence-electron chi connectivity index (χ2n) is 5.12. The van der Waals surface area contributed by atoms with Gasteiger partial charge in [-0.05, 0) is 50.6 Å². The Bertz CT molecular complexity index is 835. The molecule has 1 N–H and O–H groups in total. The van der Waals surface area contributed by atoms with Crippen LogP contribution in [0.1, 0.15) is 27.4 Å². The zero-order valence-corrected chi connectivity index (χ0v) is 12.2. The first-order valence-electron chi connectivity index (χ1n) is 6.74. The number of fused-ring (bicyclic) bond motifs is 1. The lowest BCUT2D eigenvalue weighted by Crippen LogP contribution is -2.15. The van der Waals surface area contributed by atoms with Gasteiger partial charge < -0.3 is 5.32 Å². The number of nitrogens with zero attached hydrogens (tertiary/aromatic N) is 3. The Morgan fingerprint density at radius 1 is 1.19 bits per heavy atom. The zero-order valence-electron chi connectivity index (χ0n) is 12.2. The normalized spacial score (nSPS) is 10.8. The summed E-state index contributed by atoms with van der Waals surface area (Å²) in [4.78, 5) is 21.1. The van der Waals surface area contributed by atoms with Crippen LogP contribution in [-0.4, -0.2) is 20.3 Å². The van der Waals surface area contributed by atoms with E-state index in [1.165, 1.54) is 0 Å². The van der Waals surface area contributed by atoms with E-state index in [1.807, 2.05) is 49.6 Å². The largest absolute Gasteiger partial charge is 0.321 e. The number of amides is 1. The number of anilines is 1. The summed E-state index contributed by atoms with van der Waals surface area (Å²) in [5.74, 6) is -0.172. The summed E-state index contributed by atoms with van der Waals surface area (Å²) in [6.07, 6.45) is 3.55. The van der Waals surface area contributed by atoms with E-state index in [2.05, 4.69) is 15.3 Å². The summed E-state index contributed by atoms with van der Waals surface area (Å²) < 4.78 is 1.81. The first-order valence-corrected chi connectivity index (χ1v) is 6.74. The number of carbonyl (C=O) groups is 1. The third-order valence-electron chi connectivity index (χ3n) is 3.33. The van der Waals surface area contributed by atoms with Crippen molar-refractivity contribution in [3.05, 3.63) is 59.3 Å². The van der Waals surface area contributed by atoms with E-state index in [0.717, 1.165) is 22.6 Å². The number of carbonyl (C=O) groups excluding carboxylic acids is 1. The Labute approximate surface area is 122 Å². The fourth-order valence-electron chi connectivity index (χ4n) is 2.35. The Kier molecular flexibility index (Phi) is 3.17.